The van der Waals surface area contributed by atoms with Crippen LogP contribution in [-0.4, -0.2) is 36.4 Å². The number of aliphatic carboxylic acids is 1. The van der Waals surface area contributed by atoms with Crippen LogP contribution in [0.15, 0.2) is 30.3 Å². The summed E-state index contributed by atoms with van der Waals surface area (Å²) >= 11 is 0. The Hall–Kier alpha value is -1.89. The Morgan fingerprint density at radius 3 is 2.18 bits per heavy atom. The van der Waals surface area contributed by atoms with Crippen molar-refractivity contribution < 1.29 is 23.1 Å². The van der Waals surface area contributed by atoms with Crippen LogP contribution in [-0.2, 0) is 25.0 Å². The molecule has 0 aliphatic heterocycles. The normalized spacial score (nSPS) is 14.4. The van der Waals surface area contributed by atoms with E-state index in [1.54, 1.807) is 37.3 Å². The molecule has 122 valence electrons. The fourth-order valence-corrected chi connectivity index (χ4v) is 2.81. The minimum atomic E-state index is -3.59. The predicted octanol–water partition coefficient (Wildman–Crippen LogP) is 1.32. The number of hydrogen-bond donors (Lipinski definition) is 2. The maximum Gasteiger partial charge on any atom is 0.334 e. The van der Waals surface area contributed by atoms with Crippen molar-refractivity contribution in [3.05, 3.63) is 35.9 Å². The summed E-state index contributed by atoms with van der Waals surface area (Å²) in [5, 5.41) is 11.3. The number of benzene rings is 1. The van der Waals surface area contributed by atoms with E-state index in [0.717, 1.165) is 0 Å². The van der Waals surface area contributed by atoms with Crippen molar-refractivity contribution in [2.75, 3.05) is 5.75 Å². The van der Waals surface area contributed by atoms with Crippen LogP contribution < -0.4 is 5.32 Å². The van der Waals surface area contributed by atoms with Gasteiger partial charge in [0.2, 0.25) is 5.91 Å². The monoisotopic (exact) mass is 327 g/mol. The number of nitrogens with one attached hydrogen (secondary N) is 1. The van der Waals surface area contributed by atoms with Gasteiger partial charge in [-0.3, -0.25) is 4.79 Å². The maximum absolute atomic E-state index is 12.1. The number of hydrogen-bond acceptors (Lipinski definition) is 4. The molecule has 1 aromatic rings. The van der Waals surface area contributed by atoms with E-state index in [9.17, 15) is 23.1 Å². The fourth-order valence-electron chi connectivity index (χ4n) is 2.04. The van der Waals surface area contributed by atoms with Crippen LogP contribution in [0.4, 0.5) is 0 Å². The molecule has 1 atom stereocenters. The van der Waals surface area contributed by atoms with Crippen molar-refractivity contribution in [2.24, 2.45) is 0 Å². The van der Waals surface area contributed by atoms with Crippen LogP contribution in [0.1, 0.15) is 32.8 Å². The number of sulfone groups is 1. The molecule has 0 aromatic heterocycles. The molecule has 22 heavy (non-hydrogen) atoms. The lowest BCUT2D eigenvalue weighted by Gasteiger charge is -2.30. The lowest BCUT2D eigenvalue weighted by molar-refractivity contribution is -0.148. The van der Waals surface area contributed by atoms with Gasteiger partial charge in [-0.25, -0.2) is 13.2 Å². The summed E-state index contributed by atoms with van der Waals surface area (Å²) in [4.78, 5) is 23.8. The standard InChI is InChI=1S/C15H21NO5S/c1-4-15(14(18)19,12-8-6-5-7-9-12)16-13(17)10-22(20,21)11(2)3/h5-9,11H,4,10H2,1-3H3,(H,16,17)(H,18,19). The quantitative estimate of drug-likeness (QED) is 0.786. The number of carbonyl (C=O) groups excluding carboxylic acids is 1. The molecule has 0 aliphatic rings. The third kappa shape index (κ3) is 3.85. The van der Waals surface area contributed by atoms with Gasteiger partial charge < -0.3 is 10.4 Å². The van der Waals surface area contributed by atoms with Gasteiger partial charge in [0.05, 0.1) is 5.25 Å². The van der Waals surface area contributed by atoms with Crippen LogP contribution in [0.2, 0.25) is 0 Å². The second-order valence-electron chi connectivity index (χ2n) is 5.33. The van der Waals surface area contributed by atoms with E-state index in [2.05, 4.69) is 5.32 Å². The second kappa shape index (κ2) is 6.91. The third-order valence-electron chi connectivity index (χ3n) is 3.57. The van der Waals surface area contributed by atoms with E-state index in [0.29, 0.717) is 5.56 Å². The molecular formula is C15H21NO5S. The Labute approximate surface area is 130 Å². The molecule has 6 nitrogen and oxygen atoms in total. The van der Waals surface area contributed by atoms with Crippen LogP contribution in [0, 0.1) is 0 Å². The lowest BCUT2D eigenvalue weighted by atomic mass is 9.87. The molecular weight excluding hydrogens is 306 g/mol. The predicted molar refractivity (Wildman–Crippen MR) is 83.1 cm³/mol. The summed E-state index contributed by atoms with van der Waals surface area (Å²) < 4.78 is 23.6. The minimum absolute atomic E-state index is 0.0970. The Bertz CT molecular complexity index is 639. The molecule has 7 heteroatoms. The van der Waals surface area contributed by atoms with Crippen molar-refractivity contribution in [1.82, 2.24) is 5.32 Å². The summed E-state index contributed by atoms with van der Waals surface area (Å²) in [6.45, 7) is 4.58. The van der Waals surface area contributed by atoms with E-state index in [-0.39, 0.29) is 6.42 Å². The molecule has 0 aliphatic carbocycles. The van der Waals surface area contributed by atoms with E-state index < -0.39 is 38.3 Å². The van der Waals surface area contributed by atoms with E-state index in [4.69, 9.17) is 0 Å². The first-order chi connectivity index (χ1) is 10.2. The van der Waals surface area contributed by atoms with Crippen LogP contribution in [0.5, 0.6) is 0 Å². The highest BCUT2D eigenvalue weighted by Gasteiger charge is 2.40. The molecule has 0 fully saturated rings. The molecule has 0 saturated heterocycles. The fraction of sp³-hybridized carbons (Fsp3) is 0.467. The Morgan fingerprint density at radius 1 is 1.23 bits per heavy atom. The Morgan fingerprint density at radius 2 is 1.77 bits per heavy atom. The van der Waals surface area contributed by atoms with Crippen molar-refractivity contribution >= 4 is 21.7 Å². The van der Waals surface area contributed by atoms with Gasteiger partial charge in [-0.05, 0) is 25.8 Å². The van der Waals surface area contributed by atoms with Crippen molar-refractivity contribution in [3.8, 4) is 0 Å². The number of amides is 1. The summed E-state index contributed by atoms with van der Waals surface area (Å²) in [6.07, 6.45) is 0.0970. The molecule has 0 spiro atoms. The highest BCUT2D eigenvalue weighted by Crippen LogP contribution is 2.25. The van der Waals surface area contributed by atoms with Gasteiger partial charge in [0.25, 0.3) is 0 Å². The average Bonchev–Trinajstić information content (AvgIpc) is 2.44. The van der Waals surface area contributed by atoms with E-state index >= 15 is 0 Å². The maximum atomic E-state index is 12.1. The highest BCUT2D eigenvalue weighted by molar-refractivity contribution is 7.92. The van der Waals surface area contributed by atoms with Gasteiger partial charge in [-0.1, -0.05) is 37.3 Å². The van der Waals surface area contributed by atoms with Gasteiger partial charge >= 0.3 is 5.97 Å². The molecule has 0 bridgehead atoms. The smallest absolute Gasteiger partial charge is 0.334 e. The van der Waals surface area contributed by atoms with Crippen molar-refractivity contribution in [2.45, 2.75) is 38.0 Å². The lowest BCUT2D eigenvalue weighted by Crippen LogP contribution is -2.53. The molecule has 0 saturated carbocycles. The molecule has 1 amide bonds. The first-order valence-corrected chi connectivity index (χ1v) is 8.68. The van der Waals surface area contributed by atoms with Crippen LogP contribution >= 0.6 is 0 Å². The second-order valence-corrected chi connectivity index (χ2v) is 7.89. The zero-order valence-electron chi connectivity index (χ0n) is 12.9. The molecule has 1 aromatic carbocycles. The first kappa shape index (κ1) is 18.2. The van der Waals surface area contributed by atoms with Crippen molar-refractivity contribution in [3.63, 3.8) is 0 Å². The summed E-state index contributed by atoms with van der Waals surface area (Å²) in [7, 11) is -3.59. The topological polar surface area (TPSA) is 101 Å². The Balaban J connectivity index is 3.11. The molecule has 0 radical (unpaired) electrons. The zero-order valence-corrected chi connectivity index (χ0v) is 13.7. The van der Waals surface area contributed by atoms with Crippen LogP contribution in [0.3, 0.4) is 0 Å². The number of carboxylic acid groups (broad SMARTS) is 1. The van der Waals surface area contributed by atoms with Gasteiger partial charge in [0, 0.05) is 0 Å². The zero-order chi connectivity index (χ0) is 17.0. The molecule has 2 N–H and O–H groups in total. The minimum Gasteiger partial charge on any atom is -0.479 e. The average molecular weight is 327 g/mol. The van der Waals surface area contributed by atoms with E-state index in [1.807, 2.05) is 0 Å². The first-order valence-electron chi connectivity index (χ1n) is 6.97. The van der Waals surface area contributed by atoms with Gasteiger partial charge in [-0.2, -0.15) is 0 Å². The molecule has 1 rings (SSSR count). The van der Waals surface area contributed by atoms with Gasteiger partial charge in [0.15, 0.2) is 15.4 Å². The van der Waals surface area contributed by atoms with E-state index in [1.165, 1.54) is 13.8 Å². The van der Waals surface area contributed by atoms with Gasteiger partial charge in [-0.15, -0.1) is 0 Å². The Kier molecular flexibility index (Phi) is 5.71. The van der Waals surface area contributed by atoms with Crippen molar-refractivity contribution in [1.29, 1.82) is 0 Å². The van der Waals surface area contributed by atoms with Crippen LogP contribution in [0.25, 0.3) is 0 Å². The molecule has 0 heterocycles. The number of carbonyl (C=O) groups is 2. The SMILES string of the molecule is CCC(NC(=O)CS(=O)(=O)C(C)C)(C(=O)O)c1ccccc1. The number of carboxylic acids is 1. The molecule has 1 unspecified atom stereocenters. The summed E-state index contributed by atoms with van der Waals surface area (Å²) in [6, 6.07) is 8.25. The van der Waals surface area contributed by atoms with Gasteiger partial charge in [0.1, 0.15) is 5.75 Å². The summed E-state index contributed by atoms with van der Waals surface area (Å²) in [5.41, 5.74) is -1.23. The number of rotatable bonds is 7. The third-order valence-corrected chi connectivity index (χ3v) is 5.67. The highest BCUT2D eigenvalue weighted by atomic mass is 32.2. The summed E-state index contributed by atoms with van der Waals surface area (Å²) in [5.74, 6) is -2.77. The largest absolute Gasteiger partial charge is 0.479 e.